The van der Waals surface area contributed by atoms with Gasteiger partial charge in [0.15, 0.2) is 5.88 Å². The van der Waals surface area contributed by atoms with Gasteiger partial charge in [-0.1, -0.05) is 213 Å². The maximum atomic E-state index is 12.2. The van der Waals surface area contributed by atoms with E-state index in [2.05, 4.69) is 20.8 Å². The smallest absolute Gasteiger partial charge is 0.169 e. The van der Waals surface area contributed by atoms with Crippen LogP contribution in [-0.2, 0) is 10.1 Å². The fourth-order valence-corrected chi connectivity index (χ4v) is 8.79. The van der Waals surface area contributed by atoms with Crippen molar-refractivity contribution in [3.8, 4) is 0 Å². The molecule has 0 bridgehead atoms. The van der Waals surface area contributed by atoms with Crippen molar-refractivity contribution in [2.75, 3.05) is 25.5 Å². The van der Waals surface area contributed by atoms with Crippen molar-refractivity contribution in [1.82, 2.24) is 0 Å². The van der Waals surface area contributed by atoms with Crippen LogP contribution in [0.2, 0.25) is 0 Å². The molecule has 0 radical (unpaired) electrons. The minimum atomic E-state index is -4.26. The number of hydrogen-bond acceptors (Lipinski definition) is 3. The molecule has 0 saturated heterocycles. The molecule has 5 heteroatoms. The second-order valence-corrected chi connectivity index (χ2v) is 17.2. The van der Waals surface area contributed by atoms with E-state index in [9.17, 15) is 13.0 Å². The van der Waals surface area contributed by atoms with Gasteiger partial charge in [0, 0.05) is 0 Å². The van der Waals surface area contributed by atoms with Crippen molar-refractivity contribution in [2.24, 2.45) is 0 Å². The topological polar surface area (TPSA) is 57.2 Å². The van der Waals surface area contributed by atoms with Gasteiger partial charge in [-0.25, -0.2) is 8.42 Å². The number of quaternary nitrogens is 1. The van der Waals surface area contributed by atoms with Gasteiger partial charge in [-0.2, -0.15) is 0 Å². The van der Waals surface area contributed by atoms with Gasteiger partial charge in [0.25, 0.3) is 0 Å². The molecule has 0 N–H and O–H groups in total. The van der Waals surface area contributed by atoms with E-state index in [1.807, 2.05) is 0 Å². The van der Waals surface area contributed by atoms with Crippen molar-refractivity contribution in [3.05, 3.63) is 0 Å². The number of nitrogens with zero attached hydrogens (tertiary/aromatic N) is 1. The van der Waals surface area contributed by atoms with Crippen LogP contribution < -0.4 is 0 Å². The third-order valence-electron chi connectivity index (χ3n) is 10.9. The van der Waals surface area contributed by atoms with Gasteiger partial charge in [0.05, 0.1) is 19.6 Å². The van der Waals surface area contributed by atoms with Crippen molar-refractivity contribution in [2.45, 2.75) is 252 Å². The Morgan fingerprint density at radius 2 is 0.479 bits per heavy atom. The molecule has 290 valence electrons. The van der Waals surface area contributed by atoms with Gasteiger partial charge >= 0.3 is 0 Å². The first kappa shape index (κ1) is 47.9. The van der Waals surface area contributed by atoms with Crippen LogP contribution in [0.4, 0.5) is 0 Å². The third-order valence-corrected chi connectivity index (χ3v) is 11.8. The summed E-state index contributed by atoms with van der Waals surface area (Å²) in [4.78, 5) is 0. The summed E-state index contributed by atoms with van der Waals surface area (Å²) in [5.41, 5.74) is 0. The standard InChI is InChI=1S/C43H89NO3S/c1-4-7-10-13-16-19-22-25-28-31-34-37-40-44(43-48(45,46)47,41-38-35-32-29-26-23-20-17-14-11-8-5-2)42-39-36-33-30-27-24-21-18-15-12-9-6-3/h4-43H2,1-3H3. The Morgan fingerprint density at radius 1 is 0.312 bits per heavy atom. The van der Waals surface area contributed by atoms with Crippen LogP contribution in [-0.4, -0.2) is 43.0 Å². The van der Waals surface area contributed by atoms with Crippen molar-refractivity contribution < 1.29 is 17.5 Å². The van der Waals surface area contributed by atoms with Gasteiger partial charge in [-0.15, -0.1) is 0 Å². The van der Waals surface area contributed by atoms with Gasteiger partial charge in [0.1, 0.15) is 10.1 Å². The summed E-state index contributed by atoms with van der Waals surface area (Å²) >= 11 is 0. The molecule has 0 aromatic rings. The van der Waals surface area contributed by atoms with Crippen LogP contribution in [0.1, 0.15) is 252 Å². The number of unbranched alkanes of at least 4 members (excludes halogenated alkanes) is 33. The zero-order valence-corrected chi connectivity index (χ0v) is 34.2. The molecule has 0 fully saturated rings. The number of hydrogen-bond donors (Lipinski definition) is 0. The summed E-state index contributed by atoms with van der Waals surface area (Å²) in [6.45, 7) is 9.45. The molecule has 48 heavy (non-hydrogen) atoms. The lowest BCUT2D eigenvalue weighted by molar-refractivity contribution is -0.918. The Bertz CT molecular complexity index is 656. The SMILES string of the molecule is CCCCCCCCCCCCCC[N+](CCCCCCCCCCCCCC)(CCCCCCCCCCCCCC)CS(=O)(=O)[O-]. The summed E-state index contributed by atoms with van der Waals surface area (Å²) in [5, 5.41) is 0. The lowest BCUT2D eigenvalue weighted by Gasteiger charge is -2.39. The molecule has 0 aliphatic carbocycles. The van der Waals surface area contributed by atoms with E-state index < -0.39 is 10.1 Å². The molecular formula is C43H89NO3S. The summed E-state index contributed by atoms with van der Waals surface area (Å²) < 4.78 is 37.2. The fraction of sp³-hybridized carbons (Fsp3) is 1.00. The van der Waals surface area contributed by atoms with E-state index in [0.29, 0.717) is 4.48 Å². The Morgan fingerprint density at radius 3 is 0.646 bits per heavy atom. The number of rotatable bonds is 41. The molecule has 0 saturated carbocycles. The van der Waals surface area contributed by atoms with Crippen molar-refractivity contribution in [3.63, 3.8) is 0 Å². The van der Waals surface area contributed by atoms with Crippen LogP contribution in [0, 0.1) is 0 Å². The Hall–Kier alpha value is -0.130. The molecule has 0 rings (SSSR count). The monoisotopic (exact) mass is 700 g/mol. The Kier molecular flexibility index (Phi) is 36.6. The third kappa shape index (κ3) is 35.7. The lowest BCUT2D eigenvalue weighted by Crippen LogP contribution is -2.53. The molecule has 0 aromatic carbocycles. The molecule has 0 aromatic heterocycles. The molecular weight excluding hydrogens is 611 g/mol. The molecule has 0 aliphatic rings. The maximum Gasteiger partial charge on any atom is 0.169 e. The summed E-state index contributed by atoms with van der Waals surface area (Å²) in [6, 6.07) is 0. The van der Waals surface area contributed by atoms with Gasteiger partial charge in [-0.3, -0.25) is 0 Å². The average molecular weight is 700 g/mol. The van der Waals surface area contributed by atoms with E-state index in [4.69, 9.17) is 0 Å². The lowest BCUT2D eigenvalue weighted by atomic mass is 10.0. The zero-order valence-electron chi connectivity index (χ0n) is 33.4. The quantitative estimate of drug-likeness (QED) is 0.0362. The predicted molar refractivity (Wildman–Crippen MR) is 213 cm³/mol. The first-order valence-electron chi connectivity index (χ1n) is 22.2. The summed E-state index contributed by atoms with van der Waals surface area (Å²) in [5.74, 6) is -0.193. The minimum absolute atomic E-state index is 0.193. The highest BCUT2D eigenvalue weighted by atomic mass is 32.2. The van der Waals surface area contributed by atoms with Gasteiger partial charge < -0.3 is 9.04 Å². The molecule has 0 atom stereocenters. The molecule has 0 amide bonds. The largest absolute Gasteiger partial charge is 0.744 e. The van der Waals surface area contributed by atoms with E-state index in [-0.39, 0.29) is 5.88 Å². The predicted octanol–water partition coefficient (Wildman–Crippen LogP) is 14.4. The molecule has 4 nitrogen and oxygen atoms in total. The Labute approximate surface area is 304 Å². The van der Waals surface area contributed by atoms with Gasteiger partial charge in [0.2, 0.25) is 0 Å². The summed E-state index contributed by atoms with van der Waals surface area (Å²) in [7, 11) is -4.26. The minimum Gasteiger partial charge on any atom is -0.744 e. The Balaban J connectivity index is 4.62. The average Bonchev–Trinajstić information content (AvgIpc) is 3.05. The van der Waals surface area contributed by atoms with Crippen molar-refractivity contribution >= 4 is 10.1 Å². The summed E-state index contributed by atoms with van der Waals surface area (Å²) in [6.07, 6.45) is 47.2. The van der Waals surface area contributed by atoms with Crippen LogP contribution in [0.5, 0.6) is 0 Å². The highest BCUT2D eigenvalue weighted by molar-refractivity contribution is 7.85. The fourth-order valence-electron chi connectivity index (χ4n) is 7.73. The molecule has 0 heterocycles. The van der Waals surface area contributed by atoms with E-state index in [1.54, 1.807) is 0 Å². The first-order valence-corrected chi connectivity index (χ1v) is 23.8. The first-order chi connectivity index (χ1) is 23.4. The molecule has 0 spiro atoms. The van der Waals surface area contributed by atoms with E-state index in [0.717, 1.165) is 38.9 Å². The highest BCUT2D eigenvalue weighted by Crippen LogP contribution is 2.21. The van der Waals surface area contributed by atoms with Crippen LogP contribution in [0.3, 0.4) is 0 Å². The normalized spacial score (nSPS) is 12.3. The second kappa shape index (κ2) is 36.7. The zero-order chi connectivity index (χ0) is 35.3. The second-order valence-electron chi connectivity index (χ2n) is 15.9. The maximum absolute atomic E-state index is 12.2. The molecule has 0 unspecified atom stereocenters. The van der Waals surface area contributed by atoms with Crippen LogP contribution in [0.25, 0.3) is 0 Å². The van der Waals surface area contributed by atoms with Crippen LogP contribution >= 0.6 is 0 Å². The highest BCUT2D eigenvalue weighted by Gasteiger charge is 2.29. The van der Waals surface area contributed by atoms with E-state index >= 15 is 0 Å². The molecule has 0 aliphatic heterocycles. The van der Waals surface area contributed by atoms with E-state index in [1.165, 1.54) is 212 Å². The van der Waals surface area contributed by atoms with Gasteiger partial charge in [-0.05, 0) is 38.5 Å². The van der Waals surface area contributed by atoms with Crippen LogP contribution in [0.15, 0.2) is 0 Å². The van der Waals surface area contributed by atoms with Crippen molar-refractivity contribution in [1.29, 1.82) is 0 Å².